The lowest BCUT2D eigenvalue weighted by Crippen LogP contribution is -2.52. The van der Waals surface area contributed by atoms with E-state index >= 15 is 0 Å². The molecule has 0 saturated carbocycles. The molecule has 60 valence electrons. The van der Waals surface area contributed by atoms with E-state index in [1.165, 1.54) is 0 Å². The third-order valence-corrected chi connectivity index (χ3v) is 1.51. The number of nitriles is 1. The minimum atomic E-state index is -1.31. The Hall–Kier alpha value is -1.28. The molecule has 1 heterocycles. The first-order valence-electron chi connectivity index (χ1n) is 3.20. The molecular weight excluding hydrogens is 148 g/mol. The molecule has 1 unspecified atom stereocenters. The van der Waals surface area contributed by atoms with Crippen LogP contribution in [-0.4, -0.2) is 36.8 Å². The van der Waals surface area contributed by atoms with Gasteiger partial charge in [-0.25, -0.2) is 0 Å². The van der Waals surface area contributed by atoms with Crippen LogP contribution in [0.2, 0.25) is 0 Å². The van der Waals surface area contributed by atoms with Crippen LogP contribution < -0.4 is 5.11 Å². The summed E-state index contributed by atoms with van der Waals surface area (Å²) in [5.41, 5.74) is 0. The third kappa shape index (κ3) is 1.59. The molecule has 5 heteroatoms. The summed E-state index contributed by atoms with van der Waals surface area (Å²) < 4.78 is 4.90. The maximum Gasteiger partial charge on any atom is 0.141 e. The highest BCUT2D eigenvalue weighted by Crippen LogP contribution is 2.04. The molecule has 1 aliphatic rings. The number of carbonyl (C=O) groups is 1. The van der Waals surface area contributed by atoms with E-state index in [0.29, 0.717) is 6.61 Å². The first-order chi connectivity index (χ1) is 5.25. The molecule has 0 bridgehead atoms. The summed E-state index contributed by atoms with van der Waals surface area (Å²) in [5, 5.41) is 18.8. The predicted molar refractivity (Wildman–Crippen MR) is 32.3 cm³/mol. The Labute approximate surface area is 63.8 Å². The number of carbonyl (C=O) groups excluding carboxylic acids is 1. The van der Waals surface area contributed by atoms with Crippen molar-refractivity contribution >= 4 is 6.09 Å². The lowest BCUT2D eigenvalue weighted by atomic mass is 10.3. The van der Waals surface area contributed by atoms with Gasteiger partial charge in [-0.15, -0.1) is 0 Å². The van der Waals surface area contributed by atoms with Crippen LogP contribution in [0.15, 0.2) is 0 Å². The first-order valence-corrected chi connectivity index (χ1v) is 3.20. The second kappa shape index (κ2) is 3.21. The highest BCUT2D eigenvalue weighted by molar-refractivity contribution is 5.63. The Kier molecular flexibility index (Phi) is 2.28. The Morgan fingerprint density at radius 3 is 3.00 bits per heavy atom. The molecule has 1 saturated heterocycles. The third-order valence-electron chi connectivity index (χ3n) is 1.51. The van der Waals surface area contributed by atoms with Gasteiger partial charge in [-0.05, 0) is 0 Å². The monoisotopic (exact) mass is 155 g/mol. The fraction of sp³-hybridized carbons (Fsp3) is 0.667. The van der Waals surface area contributed by atoms with Crippen molar-refractivity contribution in [3.8, 4) is 6.07 Å². The Balaban J connectivity index is 2.60. The first kappa shape index (κ1) is 7.82. The maximum atomic E-state index is 10.3. The SMILES string of the molecule is N#CC1COCCN1C(=O)[O-]. The van der Waals surface area contributed by atoms with Gasteiger partial charge < -0.3 is 19.5 Å². The number of morpholine rings is 1. The molecule has 11 heavy (non-hydrogen) atoms. The lowest BCUT2D eigenvalue weighted by molar-refractivity contribution is -0.270. The van der Waals surface area contributed by atoms with Crippen molar-refractivity contribution in [2.45, 2.75) is 6.04 Å². The summed E-state index contributed by atoms with van der Waals surface area (Å²) >= 11 is 0. The van der Waals surface area contributed by atoms with Crippen molar-refractivity contribution in [3.05, 3.63) is 0 Å². The van der Waals surface area contributed by atoms with Gasteiger partial charge in [0.25, 0.3) is 0 Å². The number of rotatable bonds is 0. The zero-order valence-corrected chi connectivity index (χ0v) is 5.82. The molecule has 0 spiro atoms. The summed E-state index contributed by atoms with van der Waals surface area (Å²) in [5.74, 6) is 0. The van der Waals surface area contributed by atoms with Crippen LogP contribution in [-0.2, 0) is 4.74 Å². The average Bonchev–Trinajstić information content (AvgIpc) is 2.04. The molecule has 0 aromatic heterocycles. The molecule has 0 aromatic rings. The normalized spacial score (nSPS) is 24.3. The molecule has 0 radical (unpaired) electrons. The van der Waals surface area contributed by atoms with Crippen LogP contribution in [0.25, 0.3) is 0 Å². The van der Waals surface area contributed by atoms with E-state index in [1.807, 2.05) is 6.07 Å². The van der Waals surface area contributed by atoms with E-state index in [0.717, 1.165) is 4.90 Å². The van der Waals surface area contributed by atoms with Crippen molar-refractivity contribution in [2.75, 3.05) is 19.8 Å². The highest BCUT2D eigenvalue weighted by atomic mass is 16.5. The molecule has 1 rings (SSSR count). The topological polar surface area (TPSA) is 76.4 Å². The van der Waals surface area contributed by atoms with E-state index in [2.05, 4.69) is 0 Å². The molecule has 0 N–H and O–H groups in total. The minimum absolute atomic E-state index is 0.143. The summed E-state index contributed by atoms with van der Waals surface area (Å²) in [4.78, 5) is 11.3. The summed E-state index contributed by atoms with van der Waals surface area (Å²) in [7, 11) is 0. The molecule has 1 atom stereocenters. The van der Waals surface area contributed by atoms with Gasteiger partial charge in [0.1, 0.15) is 12.1 Å². The van der Waals surface area contributed by atoms with E-state index in [1.54, 1.807) is 0 Å². The highest BCUT2D eigenvalue weighted by Gasteiger charge is 2.21. The van der Waals surface area contributed by atoms with Gasteiger partial charge in [0.15, 0.2) is 0 Å². The van der Waals surface area contributed by atoms with Crippen LogP contribution in [0.3, 0.4) is 0 Å². The smallest absolute Gasteiger partial charge is 0.141 e. The molecule has 1 fully saturated rings. The van der Waals surface area contributed by atoms with Crippen LogP contribution in [0.1, 0.15) is 0 Å². The summed E-state index contributed by atoms with van der Waals surface area (Å²) in [6.07, 6.45) is -1.31. The van der Waals surface area contributed by atoms with Crippen molar-refractivity contribution in [1.82, 2.24) is 4.90 Å². The van der Waals surface area contributed by atoms with Crippen LogP contribution in [0, 0.1) is 11.3 Å². The quantitative estimate of drug-likeness (QED) is 0.429. The number of hydrogen-bond acceptors (Lipinski definition) is 4. The van der Waals surface area contributed by atoms with E-state index in [9.17, 15) is 9.90 Å². The predicted octanol–water partition coefficient (Wildman–Crippen LogP) is -1.45. The fourth-order valence-electron chi connectivity index (χ4n) is 0.929. The second-order valence-electron chi connectivity index (χ2n) is 2.18. The average molecular weight is 155 g/mol. The Bertz CT molecular complexity index is 198. The van der Waals surface area contributed by atoms with Crippen molar-refractivity contribution in [2.24, 2.45) is 0 Å². The van der Waals surface area contributed by atoms with E-state index in [-0.39, 0.29) is 13.2 Å². The van der Waals surface area contributed by atoms with E-state index in [4.69, 9.17) is 10.00 Å². The van der Waals surface area contributed by atoms with Crippen LogP contribution >= 0.6 is 0 Å². The molecule has 0 aliphatic carbocycles. The molecule has 5 nitrogen and oxygen atoms in total. The number of hydrogen-bond donors (Lipinski definition) is 0. The number of amides is 1. The van der Waals surface area contributed by atoms with Crippen molar-refractivity contribution < 1.29 is 14.6 Å². The van der Waals surface area contributed by atoms with Gasteiger partial charge in [0.2, 0.25) is 0 Å². The molecule has 0 aromatic carbocycles. The van der Waals surface area contributed by atoms with Gasteiger partial charge in [-0.1, -0.05) is 0 Å². The summed E-state index contributed by atoms with van der Waals surface area (Å²) in [6, 6.07) is 1.12. The van der Waals surface area contributed by atoms with Crippen LogP contribution in [0.4, 0.5) is 4.79 Å². The summed E-state index contributed by atoms with van der Waals surface area (Å²) in [6.45, 7) is 0.706. The minimum Gasteiger partial charge on any atom is -0.530 e. The zero-order chi connectivity index (χ0) is 8.27. The number of ether oxygens (including phenoxy) is 1. The van der Waals surface area contributed by atoms with Gasteiger partial charge in [-0.2, -0.15) is 5.26 Å². The Morgan fingerprint density at radius 1 is 1.82 bits per heavy atom. The second-order valence-corrected chi connectivity index (χ2v) is 2.18. The zero-order valence-electron chi connectivity index (χ0n) is 5.82. The van der Waals surface area contributed by atoms with Crippen LogP contribution in [0.5, 0.6) is 0 Å². The van der Waals surface area contributed by atoms with E-state index < -0.39 is 12.1 Å². The maximum absolute atomic E-state index is 10.3. The standard InChI is InChI=1S/C6H8N2O3/c7-3-5-4-11-2-1-8(5)6(9)10/h5H,1-2,4H2,(H,9,10)/p-1. The van der Waals surface area contributed by atoms with Gasteiger partial charge in [-0.3, -0.25) is 0 Å². The lowest BCUT2D eigenvalue weighted by Gasteiger charge is -2.33. The van der Waals surface area contributed by atoms with Crippen molar-refractivity contribution in [3.63, 3.8) is 0 Å². The molecule has 1 aliphatic heterocycles. The van der Waals surface area contributed by atoms with Crippen molar-refractivity contribution in [1.29, 1.82) is 5.26 Å². The number of nitrogens with zero attached hydrogens (tertiary/aromatic N) is 2. The molecule has 1 amide bonds. The largest absolute Gasteiger partial charge is 0.530 e. The van der Waals surface area contributed by atoms with Gasteiger partial charge >= 0.3 is 0 Å². The fourth-order valence-corrected chi connectivity index (χ4v) is 0.929. The molecular formula is C6H7N2O3-. The van der Waals surface area contributed by atoms with Gasteiger partial charge in [0, 0.05) is 6.54 Å². The number of carboxylic acid groups (broad SMARTS) is 1. The Morgan fingerprint density at radius 2 is 2.55 bits per heavy atom. The van der Waals surface area contributed by atoms with Gasteiger partial charge in [0.05, 0.1) is 19.3 Å².